The minimum Gasteiger partial charge on any atom is -0.480 e. The molecule has 0 bridgehead atoms. The second kappa shape index (κ2) is 6.18. The van der Waals surface area contributed by atoms with E-state index < -0.39 is 22.0 Å². The molecule has 7 nitrogen and oxygen atoms in total. The topological polar surface area (TPSA) is 92.5 Å². The molecule has 8 heteroatoms. The minimum atomic E-state index is -3.84. The molecule has 1 fully saturated rings. The highest BCUT2D eigenvalue weighted by atomic mass is 32.2. The summed E-state index contributed by atoms with van der Waals surface area (Å²) in [5.74, 6) is -1.09. The molecule has 0 spiro atoms. The molecule has 1 saturated heterocycles. The lowest BCUT2D eigenvalue weighted by molar-refractivity contribution is -0.142. The van der Waals surface area contributed by atoms with Gasteiger partial charge in [-0.05, 0) is 51.3 Å². The van der Waals surface area contributed by atoms with E-state index in [1.165, 1.54) is 6.07 Å². The van der Waals surface area contributed by atoms with Crippen molar-refractivity contribution in [3.05, 3.63) is 24.4 Å². The lowest BCUT2D eigenvalue weighted by Crippen LogP contribution is -2.47. The number of hydrogen-bond acceptors (Lipinski definition) is 4. The van der Waals surface area contributed by atoms with Crippen LogP contribution in [0.1, 0.15) is 39.2 Å². The van der Waals surface area contributed by atoms with Gasteiger partial charge in [-0.25, -0.2) is 8.42 Å². The maximum atomic E-state index is 12.9. The van der Waals surface area contributed by atoms with Crippen LogP contribution >= 0.6 is 0 Å². The van der Waals surface area contributed by atoms with E-state index in [9.17, 15) is 18.3 Å². The van der Waals surface area contributed by atoms with Gasteiger partial charge >= 0.3 is 5.97 Å². The van der Waals surface area contributed by atoms with Crippen LogP contribution in [-0.2, 0) is 14.8 Å². The molecular weight excluding hydrogens is 330 g/mol. The van der Waals surface area contributed by atoms with Gasteiger partial charge in [0.25, 0.3) is 0 Å². The highest BCUT2D eigenvalue weighted by Gasteiger charge is 2.37. The lowest BCUT2D eigenvalue weighted by Gasteiger charge is -2.31. The van der Waals surface area contributed by atoms with Gasteiger partial charge in [0, 0.05) is 18.0 Å². The Labute approximate surface area is 140 Å². The summed E-state index contributed by atoms with van der Waals surface area (Å²) in [4.78, 5) is 11.5. The van der Waals surface area contributed by atoms with Gasteiger partial charge < -0.3 is 5.11 Å². The average Bonchev–Trinajstić information content (AvgIpc) is 2.98. The molecule has 0 saturated carbocycles. The summed E-state index contributed by atoms with van der Waals surface area (Å²) < 4.78 is 28.8. The quantitative estimate of drug-likeness (QED) is 0.912. The molecule has 1 aliphatic rings. The number of nitrogens with zero attached hydrogens (tertiary/aromatic N) is 3. The molecule has 1 atom stereocenters. The van der Waals surface area contributed by atoms with E-state index in [0.29, 0.717) is 12.8 Å². The predicted octanol–water partition coefficient (Wildman–Crippen LogP) is 2.25. The summed E-state index contributed by atoms with van der Waals surface area (Å²) in [5, 5.41) is 14.4. The van der Waals surface area contributed by atoms with Crippen molar-refractivity contribution < 1.29 is 18.3 Å². The molecule has 0 amide bonds. The van der Waals surface area contributed by atoms with Gasteiger partial charge in [-0.3, -0.25) is 9.48 Å². The van der Waals surface area contributed by atoms with Crippen LogP contribution in [0.3, 0.4) is 0 Å². The fourth-order valence-corrected chi connectivity index (χ4v) is 4.86. The number of carbonyl (C=O) groups is 1. The van der Waals surface area contributed by atoms with Crippen LogP contribution in [0.4, 0.5) is 0 Å². The van der Waals surface area contributed by atoms with Crippen molar-refractivity contribution in [2.45, 2.75) is 50.1 Å². The second-order valence-electron chi connectivity index (χ2n) is 6.37. The summed E-state index contributed by atoms with van der Waals surface area (Å²) in [7, 11) is -3.84. The second-order valence-corrected chi connectivity index (χ2v) is 8.26. The maximum absolute atomic E-state index is 12.9. The number of piperidine rings is 1. The molecule has 1 aromatic carbocycles. The fraction of sp³-hybridized carbons (Fsp3) is 0.500. The zero-order chi connectivity index (χ0) is 17.5. The van der Waals surface area contributed by atoms with E-state index in [1.807, 2.05) is 18.5 Å². The fourth-order valence-electron chi connectivity index (χ4n) is 3.18. The summed E-state index contributed by atoms with van der Waals surface area (Å²) in [6, 6.07) is 4.02. The van der Waals surface area contributed by atoms with Crippen LogP contribution in [0.15, 0.2) is 29.3 Å². The average molecular weight is 351 g/mol. The van der Waals surface area contributed by atoms with E-state index in [1.54, 1.807) is 18.3 Å². The number of carboxylic acids is 1. The van der Waals surface area contributed by atoms with Gasteiger partial charge in [-0.2, -0.15) is 9.40 Å². The van der Waals surface area contributed by atoms with Crippen LogP contribution in [0.2, 0.25) is 0 Å². The largest absolute Gasteiger partial charge is 0.480 e. The van der Waals surface area contributed by atoms with Crippen LogP contribution < -0.4 is 0 Å². The highest BCUT2D eigenvalue weighted by molar-refractivity contribution is 7.89. The summed E-state index contributed by atoms with van der Waals surface area (Å²) >= 11 is 0. The van der Waals surface area contributed by atoms with Crippen molar-refractivity contribution in [3.8, 4) is 0 Å². The summed E-state index contributed by atoms with van der Waals surface area (Å²) in [5.41, 5.74) is 0.859. The van der Waals surface area contributed by atoms with E-state index >= 15 is 0 Å². The van der Waals surface area contributed by atoms with E-state index in [-0.39, 0.29) is 17.5 Å². The smallest absolute Gasteiger partial charge is 0.322 e. The summed E-state index contributed by atoms with van der Waals surface area (Å²) in [6.45, 7) is 4.24. The molecule has 3 rings (SSSR count). The first kappa shape index (κ1) is 16.9. The van der Waals surface area contributed by atoms with E-state index in [0.717, 1.165) is 21.6 Å². The molecule has 2 aromatic rings. The Morgan fingerprint density at radius 3 is 2.75 bits per heavy atom. The predicted molar refractivity (Wildman–Crippen MR) is 89.3 cm³/mol. The van der Waals surface area contributed by atoms with Crippen LogP contribution in [0, 0.1) is 0 Å². The van der Waals surface area contributed by atoms with Crippen LogP contribution in [-0.4, -0.2) is 46.2 Å². The molecule has 2 heterocycles. The SMILES string of the molecule is CC(C)n1ncc2cc(S(=O)(=O)N3CCCCC3C(=O)O)ccc21. The Hall–Kier alpha value is -1.93. The highest BCUT2D eigenvalue weighted by Crippen LogP contribution is 2.28. The van der Waals surface area contributed by atoms with E-state index in [4.69, 9.17) is 0 Å². The number of aliphatic carboxylic acids is 1. The van der Waals surface area contributed by atoms with Crippen LogP contribution in [0.5, 0.6) is 0 Å². The third-order valence-electron chi connectivity index (χ3n) is 4.40. The molecule has 1 N–H and O–H groups in total. The molecule has 1 unspecified atom stereocenters. The van der Waals surface area contributed by atoms with Crippen molar-refractivity contribution >= 4 is 26.9 Å². The van der Waals surface area contributed by atoms with Crippen molar-refractivity contribution in [2.75, 3.05) is 6.54 Å². The standard InChI is InChI=1S/C16H21N3O4S/c1-11(2)19-14-7-6-13(9-12(14)10-17-19)24(22,23)18-8-4-3-5-15(18)16(20)21/h6-7,9-11,15H,3-5,8H2,1-2H3,(H,20,21). The molecule has 0 aliphatic carbocycles. The van der Waals surface area contributed by atoms with Crippen molar-refractivity contribution in [3.63, 3.8) is 0 Å². The van der Waals surface area contributed by atoms with Gasteiger partial charge in [-0.1, -0.05) is 0 Å². The van der Waals surface area contributed by atoms with Crippen molar-refractivity contribution in [1.82, 2.24) is 14.1 Å². The van der Waals surface area contributed by atoms with Gasteiger partial charge in [0.15, 0.2) is 0 Å². The van der Waals surface area contributed by atoms with Gasteiger partial charge in [0.05, 0.1) is 16.6 Å². The third-order valence-corrected chi connectivity index (χ3v) is 6.31. The molecular formula is C16H21N3O4S. The number of carboxylic acid groups (broad SMARTS) is 1. The number of hydrogen-bond donors (Lipinski definition) is 1. The normalized spacial score (nSPS) is 19.9. The Balaban J connectivity index is 2.03. The van der Waals surface area contributed by atoms with Crippen molar-refractivity contribution in [2.24, 2.45) is 0 Å². The Morgan fingerprint density at radius 2 is 2.08 bits per heavy atom. The Kier molecular flexibility index (Phi) is 4.35. The Morgan fingerprint density at radius 1 is 1.33 bits per heavy atom. The first-order valence-corrected chi connectivity index (χ1v) is 9.48. The lowest BCUT2D eigenvalue weighted by atomic mass is 10.1. The number of benzene rings is 1. The Bertz CT molecular complexity index is 873. The number of rotatable bonds is 4. The monoisotopic (exact) mass is 351 g/mol. The van der Waals surface area contributed by atoms with Gasteiger partial charge in [0.1, 0.15) is 6.04 Å². The zero-order valence-corrected chi connectivity index (χ0v) is 14.5. The maximum Gasteiger partial charge on any atom is 0.322 e. The number of fused-ring (bicyclic) bond motifs is 1. The number of sulfonamides is 1. The zero-order valence-electron chi connectivity index (χ0n) is 13.7. The first-order chi connectivity index (χ1) is 11.3. The minimum absolute atomic E-state index is 0.117. The third kappa shape index (κ3) is 2.80. The van der Waals surface area contributed by atoms with Gasteiger partial charge in [0.2, 0.25) is 10.0 Å². The van der Waals surface area contributed by atoms with Crippen LogP contribution in [0.25, 0.3) is 10.9 Å². The molecule has 24 heavy (non-hydrogen) atoms. The number of aromatic nitrogens is 2. The van der Waals surface area contributed by atoms with E-state index in [2.05, 4.69) is 5.10 Å². The molecule has 1 aromatic heterocycles. The summed E-state index contributed by atoms with van der Waals surface area (Å²) in [6.07, 6.45) is 3.39. The molecule has 130 valence electrons. The molecule has 1 aliphatic heterocycles. The van der Waals surface area contributed by atoms with Crippen molar-refractivity contribution in [1.29, 1.82) is 0 Å². The first-order valence-electron chi connectivity index (χ1n) is 8.04. The van der Waals surface area contributed by atoms with Gasteiger partial charge in [-0.15, -0.1) is 0 Å². The molecule has 0 radical (unpaired) electrons.